The van der Waals surface area contributed by atoms with Gasteiger partial charge in [0.15, 0.2) is 5.13 Å². The number of carbonyl (C=O) groups is 2. The minimum Gasteiger partial charge on any atom is -0.481 e. The van der Waals surface area contributed by atoms with Crippen LogP contribution in [0.4, 0.5) is 9.93 Å². The average molecular weight is 285 g/mol. The van der Waals surface area contributed by atoms with E-state index in [0.29, 0.717) is 31.1 Å². The van der Waals surface area contributed by atoms with Crippen LogP contribution in [0, 0.1) is 0 Å². The number of aromatic nitrogens is 1. The first-order chi connectivity index (χ1) is 9.06. The molecule has 0 aliphatic heterocycles. The number of carboxylic acid groups (broad SMARTS) is 1. The zero-order valence-electron chi connectivity index (χ0n) is 11.2. The first kappa shape index (κ1) is 15.4. The Hall–Kier alpha value is -1.63. The van der Waals surface area contributed by atoms with Gasteiger partial charge in [-0.3, -0.25) is 10.1 Å². The van der Waals surface area contributed by atoms with Gasteiger partial charge in [0.05, 0.1) is 5.69 Å². The summed E-state index contributed by atoms with van der Waals surface area (Å²) in [6, 6.07) is -0.156. The molecule has 0 fully saturated rings. The largest absolute Gasteiger partial charge is 0.481 e. The zero-order chi connectivity index (χ0) is 14.3. The molecule has 0 bridgehead atoms. The molecule has 19 heavy (non-hydrogen) atoms. The molecule has 0 atom stereocenters. The van der Waals surface area contributed by atoms with E-state index in [0.717, 1.165) is 5.69 Å². The Morgan fingerprint density at radius 2 is 2.11 bits per heavy atom. The molecule has 0 unspecified atom stereocenters. The van der Waals surface area contributed by atoms with E-state index in [9.17, 15) is 9.59 Å². The lowest BCUT2D eigenvalue weighted by Crippen LogP contribution is -2.34. The summed E-state index contributed by atoms with van der Waals surface area (Å²) in [6.07, 6.45) is 1.31. The number of carbonyl (C=O) groups excluding carboxylic acids is 1. The summed E-state index contributed by atoms with van der Waals surface area (Å²) < 4.78 is 0. The molecule has 6 nitrogen and oxygen atoms in total. The number of aryl methyl sites for hydroxylation is 1. The Morgan fingerprint density at radius 1 is 1.42 bits per heavy atom. The van der Waals surface area contributed by atoms with Gasteiger partial charge in [-0.15, -0.1) is 11.3 Å². The van der Waals surface area contributed by atoms with Crippen molar-refractivity contribution in [1.29, 1.82) is 0 Å². The fourth-order valence-electron chi connectivity index (χ4n) is 1.58. The van der Waals surface area contributed by atoms with Crippen molar-refractivity contribution in [1.82, 2.24) is 9.88 Å². The van der Waals surface area contributed by atoms with Gasteiger partial charge in [-0.2, -0.15) is 0 Å². The van der Waals surface area contributed by atoms with Crippen molar-refractivity contribution in [3.05, 3.63) is 11.1 Å². The number of urea groups is 1. The normalized spacial score (nSPS) is 10.2. The van der Waals surface area contributed by atoms with Crippen LogP contribution in [0.3, 0.4) is 0 Å². The van der Waals surface area contributed by atoms with Gasteiger partial charge in [-0.25, -0.2) is 9.78 Å². The molecule has 0 aliphatic rings. The van der Waals surface area contributed by atoms with Crippen molar-refractivity contribution in [3.63, 3.8) is 0 Å². The fourth-order valence-corrected chi connectivity index (χ4v) is 2.32. The molecule has 0 saturated carbocycles. The molecule has 0 aromatic carbocycles. The predicted octanol–water partition coefficient (Wildman–Crippen LogP) is 2.42. The molecule has 1 aromatic heterocycles. The highest BCUT2D eigenvalue weighted by molar-refractivity contribution is 7.13. The standard InChI is InChI=1S/C12H19N3O3S/c1-3-15(4-2)12(18)14-11-13-9(8-19-11)6-5-7-10(16)17/h8H,3-7H2,1-2H3,(H,16,17)(H,13,14,18). The minimum absolute atomic E-state index is 0.138. The number of thiazole rings is 1. The highest BCUT2D eigenvalue weighted by Gasteiger charge is 2.11. The Balaban J connectivity index is 2.46. The second-order valence-electron chi connectivity index (χ2n) is 3.99. The van der Waals surface area contributed by atoms with Crippen LogP contribution in [-0.4, -0.2) is 40.1 Å². The molecule has 7 heteroatoms. The SMILES string of the molecule is CCN(CC)C(=O)Nc1nc(CCCC(=O)O)cs1. The molecule has 0 aliphatic carbocycles. The second-order valence-corrected chi connectivity index (χ2v) is 4.85. The van der Waals surface area contributed by atoms with Gasteiger partial charge < -0.3 is 10.0 Å². The maximum Gasteiger partial charge on any atom is 0.323 e. The number of carboxylic acids is 1. The number of rotatable bonds is 7. The van der Waals surface area contributed by atoms with Gasteiger partial charge in [0.1, 0.15) is 0 Å². The van der Waals surface area contributed by atoms with Crippen molar-refractivity contribution in [2.45, 2.75) is 33.1 Å². The molecular formula is C12H19N3O3S. The molecule has 0 saturated heterocycles. The van der Waals surface area contributed by atoms with Gasteiger partial charge in [0.2, 0.25) is 0 Å². The Morgan fingerprint density at radius 3 is 2.68 bits per heavy atom. The monoisotopic (exact) mass is 285 g/mol. The van der Waals surface area contributed by atoms with Crippen molar-refractivity contribution >= 4 is 28.5 Å². The maximum absolute atomic E-state index is 11.8. The number of anilines is 1. The molecule has 1 aromatic rings. The topological polar surface area (TPSA) is 82.5 Å². The summed E-state index contributed by atoms with van der Waals surface area (Å²) in [5.74, 6) is -0.801. The molecule has 0 spiro atoms. The summed E-state index contributed by atoms with van der Waals surface area (Å²) in [5.41, 5.74) is 0.820. The van der Waals surface area contributed by atoms with Crippen molar-refractivity contribution < 1.29 is 14.7 Å². The van der Waals surface area contributed by atoms with E-state index in [4.69, 9.17) is 5.11 Å². The molecule has 106 valence electrons. The molecule has 2 amide bonds. The molecule has 0 radical (unpaired) electrons. The lowest BCUT2D eigenvalue weighted by Gasteiger charge is -2.17. The van der Waals surface area contributed by atoms with Gasteiger partial charge in [0.25, 0.3) is 0 Å². The van der Waals surface area contributed by atoms with E-state index >= 15 is 0 Å². The summed E-state index contributed by atoms with van der Waals surface area (Å²) >= 11 is 1.36. The number of aliphatic carboxylic acids is 1. The predicted molar refractivity (Wildman–Crippen MR) is 74.6 cm³/mol. The highest BCUT2D eigenvalue weighted by Crippen LogP contribution is 2.17. The number of amides is 2. The van der Waals surface area contributed by atoms with Crippen LogP contribution in [0.15, 0.2) is 5.38 Å². The van der Waals surface area contributed by atoms with E-state index in [1.54, 1.807) is 4.90 Å². The third kappa shape index (κ3) is 5.25. The van der Waals surface area contributed by atoms with Crippen LogP contribution in [0.5, 0.6) is 0 Å². The Bertz CT molecular complexity index is 430. The Kier molecular flexibility index (Phi) is 6.27. The van der Waals surface area contributed by atoms with Crippen molar-refractivity contribution in [2.24, 2.45) is 0 Å². The van der Waals surface area contributed by atoms with Gasteiger partial charge in [0, 0.05) is 24.9 Å². The van der Waals surface area contributed by atoms with E-state index in [1.807, 2.05) is 19.2 Å². The van der Waals surface area contributed by atoms with Crippen LogP contribution in [0.1, 0.15) is 32.4 Å². The third-order valence-electron chi connectivity index (χ3n) is 2.64. The number of nitrogens with zero attached hydrogens (tertiary/aromatic N) is 2. The molecule has 2 N–H and O–H groups in total. The van der Waals surface area contributed by atoms with Crippen molar-refractivity contribution in [3.8, 4) is 0 Å². The summed E-state index contributed by atoms with van der Waals surface area (Å²) in [6.45, 7) is 5.14. The fraction of sp³-hybridized carbons (Fsp3) is 0.583. The maximum atomic E-state index is 11.8. The van der Waals surface area contributed by atoms with E-state index in [-0.39, 0.29) is 12.5 Å². The molecular weight excluding hydrogens is 266 g/mol. The lowest BCUT2D eigenvalue weighted by molar-refractivity contribution is -0.137. The number of hydrogen-bond acceptors (Lipinski definition) is 4. The Labute approximate surface area is 116 Å². The second kappa shape index (κ2) is 7.73. The van der Waals surface area contributed by atoms with Gasteiger partial charge in [-0.1, -0.05) is 0 Å². The summed E-state index contributed by atoms with van der Waals surface area (Å²) in [7, 11) is 0. The first-order valence-corrected chi connectivity index (χ1v) is 7.16. The van der Waals surface area contributed by atoms with Crippen molar-refractivity contribution in [2.75, 3.05) is 18.4 Å². The van der Waals surface area contributed by atoms with E-state index in [2.05, 4.69) is 10.3 Å². The quantitative estimate of drug-likeness (QED) is 0.806. The first-order valence-electron chi connectivity index (χ1n) is 6.28. The van der Waals surface area contributed by atoms with Crippen LogP contribution in [-0.2, 0) is 11.2 Å². The third-order valence-corrected chi connectivity index (χ3v) is 3.45. The summed E-state index contributed by atoms with van der Waals surface area (Å²) in [5, 5.41) is 13.7. The zero-order valence-corrected chi connectivity index (χ0v) is 12.0. The lowest BCUT2D eigenvalue weighted by atomic mass is 10.2. The minimum atomic E-state index is -0.801. The van der Waals surface area contributed by atoms with Crippen LogP contribution in [0.2, 0.25) is 0 Å². The average Bonchev–Trinajstić information content (AvgIpc) is 2.78. The van der Waals surface area contributed by atoms with Gasteiger partial charge >= 0.3 is 12.0 Å². The molecule has 1 heterocycles. The van der Waals surface area contributed by atoms with Gasteiger partial charge in [-0.05, 0) is 26.7 Å². The van der Waals surface area contributed by atoms with Crippen LogP contribution < -0.4 is 5.32 Å². The summed E-state index contributed by atoms with van der Waals surface area (Å²) in [4.78, 5) is 28.1. The van der Waals surface area contributed by atoms with E-state index in [1.165, 1.54) is 11.3 Å². The smallest absolute Gasteiger partial charge is 0.323 e. The number of hydrogen-bond donors (Lipinski definition) is 2. The highest BCUT2D eigenvalue weighted by atomic mass is 32.1. The van der Waals surface area contributed by atoms with Crippen LogP contribution >= 0.6 is 11.3 Å². The van der Waals surface area contributed by atoms with E-state index < -0.39 is 5.97 Å². The number of nitrogens with one attached hydrogen (secondary N) is 1. The molecule has 1 rings (SSSR count). The van der Waals surface area contributed by atoms with Crippen LogP contribution in [0.25, 0.3) is 0 Å².